The average Bonchev–Trinajstić information content (AvgIpc) is 3.41. The second kappa shape index (κ2) is 13.0. The standard InChI is InChI=1S/C32H37ClN2O3/c1-22-16-23(2)24(3)30(17-22)38-21-31(36)35(20-26-12-9-13-27(33)18-26)29(19-25-10-5-4-6-11-25)32(37)34-28-14-7-8-15-28/h4-6,9-13,16-18,28-29H,7-8,14-15,19-21H2,1-3H3,(H,34,37). The molecule has 0 aliphatic heterocycles. The number of carbonyl (C=O) groups excluding carboxylic acids is 2. The Hall–Kier alpha value is -3.31. The van der Waals surface area contributed by atoms with Crippen molar-refractivity contribution in [3.05, 3.63) is 99.6 Å². The van der Waals surface area contributed by atoms with Gasteiger partial charge in [0.25, 0.3) is 5.91 Å². The van der Waals surface area contributed by atoms with E-state index in [1.54, 1.807) is 11.0 Å². The first-order valence-electron chi connectivity index (χ1n) is 13.4. The fourth-order valence-corrected chi connectivity index (χ4v) is 5.34. The quantitative estimate of drug-likeness (QED) is 0.331. The van der Waals surface area contributed by atoms with Crippen molar-refractivity contribution >= 4 is 23.4 Å². The zero-order valence-corrected chi connectivity index (χ0v) is 23.3. The molecule has 38 heavy (non-hydrogen) atoms. The minimum Gasteiger partial charge on any atom is -0.483 e. The number of benzene rings is 3. The third-order valence-corrected chi connectivity index (χ3v) is 7.56. The Kier molecular flexibility index (Phi) is 9.46. The van der Waals surface area contributed by atoms with Crippen molar-refractivity contribution in [2.24, 2.45) is 0 Å². The van der Waals surface area contributed by atoms with Crippen LogP contribution in [0.2, 0.25) is 5.02 Å². The molecule has 2 amide bonds. The molecule has 0 saturated heterocycles. The first kappa shape index (κ1) is 27.7. The van der Waals surface area contributed by atoms with E-state index in [2.05, 4.69) is 11.4 Å². The van der Waals surface area contributed by atoms with Gasteiger partial charge in [-0.2, -0.15) is 0 Å². The number of carbonyl (C=O) groups is 2. The Morgan fingerprint density at radius 3 is 2.39 bits per heavy atom. The SMILES string of the molecule is Cc1cc(C)c(C)c(OCC(=O)N(Cc2cccc(Cl)c2)C(Cc2ccccc2)C(=O)NC2CCCC2)c1. The summed E-state index contributed by atoms with van der Waals surface area (Å²) in [6.45, 7) is 6.13. The minimum atomic E-state index is -0.687. The molecular formula is C32H37ClN2O3. The van der Waals surface area contributed by atoms with E-state index in [1.165, 1.54) is 0 Å². The second-order valence-electron chi connectivity index (χ2n) is 10.3. The average molecular weight is 533 g/mol. The van der Waals surface area contributed by atoms with Crippen LogP contribution in [0.25, 0.3) is 0 Å². The highest BCUT2D eigenvalue weighted by Crippen LogP contribution is 2.24. The monoisotopic (exact) mass is 532 g/mol. The van der Waals surface area contributed by atoms with Gasteiger partial charge in [0.05, 0.1) is 0 Å². The number of rotatable bonds is 10. The van der Waals surface area contributed by atoms with Crippen LogP contribution in [0, 0.1) is 20.8 Å². The Bertz CT molecular complexity index is 1250. The van der Waals surface area contributed by atoms with Gasteiger partial charge < -0.3 is 15.0 Å². The van der Waals surface area contributed by atoms with Gasteiger partial charge in [0.1, 0.15) is 11.8 Å². The third-order valence-electron chi connectivity index (χ3n) is 7.33. The van der Waals surface area contributed by atoms with E-state index >= 15 is 0 Å². The summed E-state index contributed by atoms with van der Waals surface area (Å²) in [4.78, 5) is 29.3. The van der Waals surface area contributed by atoms with Crippen LogP contribution in [0.15, 0.2) is 66.7 Å². The lowest BCUT2D eigenvalue weighted by molar-refractivity contribution is -0.143. The van der Waals surface area contributed by atoms with E-state index in [1.807, 2.05) is 75.4 Å². The van der Waals surface area contributed by atoms with Gasteiger partial charge in [0.15, 0.2) is 6.61 Å². The molecule has 1 aliphatic rings. The Morgan fingerprint density at radius 2 is 1.68 bits per heavy atom. The number of amides is 2. The van der Waals surface area contributed by atoms with Crippen molar-refractivity contribution < 1.29 is 14.3 Å². The highest BCUT2D eigenvalue weighted by atomic mass is 35.5. The molecule has 1 fully saturated rings. The highest BCUT2D eigenvalue weighted by Gasteiger charge is 2.32. The third kappa shape index (κ3) is 7.38. The molecule has 0 bridgehead atoms. The van der Waals surface area contributed by atoms with E-state index < -0.39 is 6.04 Å². The molecule has 3 aromatic carbocycles. The molecule has 1 saturated carbocycles. The molecule has 5 nitrogen and oxygen atoms in total. The summed E-state index contributed by atoms with van der Waals surface area (Å²) < 4.78 is 6.07. The zero-order chi connectivity index (χ0) is 27.1. The number of nitrogens with zero attached hydrogens (tertiary/aromatic N) is 1. The largest absolute Gasteiger partial charge is 0.483 e. The predicted molar refractivity (Wildman–Crippen MR) is 152 cm³/mol. The topological polar surface area (TPSA) is 58.6 Å². The van der Waals surface area contributed by atoms with Crippen molar-refractivity contribution in [1.29, 1.82) is 0 Å². The molecule has 0 spiro atoms. The summed E-state index contributed by atoms with van der Waals surface area (Å²) in [6, 6.07) is 20.8. The van der Waals surface area contributed by atoms with Gasteiger partial charge in [-0.05, 0) is 79.6 Å². The summed E-state index contributed by atoms with van der Waals surface area (Å²) in [7, 11) is 0. The molecule has 1 aliphatic carbocycles. The van der Waals surface area contributed by atoms with Crippen molar-refractivity contribution in [2.75, 3.05) is 6.61 Å². The molecule has 0 radical (unpaired) electrons. The lowest BCUT2D eigenvalue weighted by atomic mass is 10.0. The normalized spacial score (nSPS) is 14.2. The summed E-state index contributed by atoms with van der Waals surface area (Å²) >= 11 is 6.27. The molecule has 1 atom stereocenters. The number of hydrogen-bond acceptors (Lipinski definition) is 3. The number of ether oxygens (including phenoxy) is 1. The van der Waals surface area contributed by atoms with Crippen molar-refractivity contribution in [3.63, 3.8) is 0 Å². The Morgan fingerprint density at radius 1 is 0.974 bits per heavy atom. The molecule has 0 aromatic heterocycles. The first-order chi connectivity index (χ1) is 18.3. The minimum absolute atomic E-state index is 0.126. The summed E-state index contributed by atoms with van der Waals surface area (Å²) in [6.07, 6.45) is 4.58. The maximum absolute atomic E-state index is 13.8. The summed E-state index contributed by atoms with van der Waals surface area (Å²) in [5.41, 5.74) is 5.05. The maximum Gasteiger partial charge on any atom is 0.261 e. The van der Waals surface area contributed by atoms with E-state index in [9.17, 15) is 9.59 Å². The first-order valence-corrected chi connectivity index (χ1v) is 13.8. The van der Waals surface area contributed by atoms with Gasteiger partial charge in [-0.25, -0.2) is 0 Å². The molecule has 4 rings (SSSR count). The number of hydrogen-bond donors (Lipinski definition) is 1. The summed E-state index contributed by atoms with van der Waals surface area (Å²) in [5, 5.41) is 3.82. The number of nitrogens with one attached hydrogen (secondary N) is 1. The lowest BCUT2D eigenvalue weighted by Crippen LogP contribution is -2.53. The van der Waals surface area contributed by atoms with Gasteiger partial charge in [-0.3, -0.25) is 9.59 Å². The molecule has 0 heterocycles. The van der Waals surface area contributed by atoms with E-state index in [4.69, 9.17) is 16.3 Å². The van der Waals surface area contributed by atoms with E-state index in [0.717, 1.165) is 53.5 Å². The van der Waals surface area contributed by atoms with Crippen LogP contribution in [0.1, 0.15) is 53.5 Å². The van der Waals surface area contributed by atoms with Crippen LogP contribution in [-0.2, 0) is 22.6 Å². The maximum atomic E-state index is 13.8. The molecular weight excluding hydrogens is 496 g/mol. The number of halogens is 1. The molecule has 6 heteroatoms. The molecule has 1 N–H and O–H groups in total. The molecule has 3 aromatic rings. The number of aryl methyl sites for hydroxylation is 2. The van der Waals surface area contributed by atoms with E-state index in [-0.39, 0.29) is 31.0 Å². The highest BCUT2D eigenvalue weighted by molar-refractivity contribution is 6.30. The van der Waals surface area contributed by atoms with Crippen LogP contribution in [0.5, 0.6) is 5.75 Å². The van der Waals surface area contributed by atoms with Crippen molar-refractivity contribution in [3.8, 4) is 5.75 Å². The zero-order valence-electron chi connectivity index (χ0n) is 22.5. The van der Waals surface area contributed by atoms with Crippen LogP contribution < -0.4 is 10.1 Å². The van der Waals surface area contributed by atoms with Crippen LogP contribution in [0.4, 0.5) is 0 Å². The lowest BCUT2D eigenvalue weighted by Gasteiger charge is -2.32. The fourth-order valence-electron chi connectivity index (χ4n) is 5.13. The smallest absolute Gasteiger partial charge is 0.261 e. The van der Waals surface area contributed by atoms with Gasteiger partial charge in [-0.1, -0.05) is 73.0 Å². The van der Waals surface area contributed by atoms with Crippen LogP contribution in [-0.4, -0.2) is 35.4 Å². The van der Waals surface area contributed by atoms with Crippen LogP contribution in [0.3, 0.4) is 0 Å². The fraction of sp³-hybridized carbons (Fsp3) is 0.375. The second-order valence-corrected chi connectivity index (χ2v) is 10.8. The van der Waals surface area contributed by atoms with Gasteiger partial charge >= 0.3 is 0 Å². The Labute approximate surface area is 231 Å². The predicted octanol–water partition coefficient (Wildman–Crippen LogP) is 6.34. The van der Waals surface area contributed by atoms with Gasteiger partial charge in [0.2, 0.25) is 5.91 Å². The van der Waals surface area contributed by atoms with Gasteiger partial charge in [-0.15, -0.1) is 0 Å². The van der Waals surface area contributed by atoms with E-state index in [0.29, 0.717) is 17.2 Å². The van der Waals surface area contributed by atoms with Crippen LogP contribution >= 0.6 is 11.6 Å². The Balaban J connectivity index is 1.63. The van der Waals surface area contributed by atoms with Gasteiger partial charge in [0, 0.05) is 24.0 Å². The van der Waals surface area contributed by atoms with Crippen molar-refractivity contribution in [1.82, 2.24) is 10.2 Å². The summed E-state index contributed by atoms with van der Waals surface area (Å²) in [5.74, 6) is 0.318. The molecule has 1 unspecified atom stereocenters. The van der Waals surface area contributed by atoms with Crippen molar-refractivity contribution in [2.45, 2.75) is 71.5 Å². The molecule has 200 valence electrons.